The summed E-state index contributed by atoms with van der Waals surface area (Å²) >= 11 is 1.57. The van der Waals surface area contributed by atoms with Gasteiger partial charge in [-0.1, -0.05) is 13.8 Å². The molecule has 1 fully saturated rings. The molecule has 3 N–H and O–H groups in total. The van der Waals surface area contributed by atoms with Crippen LogP contribution in [0.5, 0.6) is 0 Å². The van der Waals surface area contributed by atoms with Gasteiger partial charge in [0.2, 0.25) is 11.8 Å². The Kier molecular flexibility index (Phi) is 5.90. The number of carbonyl (C=O) groups is 2. The van der Waals surface area contributed by atoms with Crippen LogP contribution in [-0.2, 0) is 9.59 Å². The molecule has 1 aromatic heterocycles. The molecule has 22 heavy (non-hydrogen) atoms. The fourth-order valence-electron chi connectivity index (χ4n) is 2.57. The summed E-state index contributed by atoms with van der Waals surface area (Å²) in [4.78, 5) is 30.5. The number of hydrogen-bond acceptors (Lipinski definition) is 5. The molecule has 1 unspecified atom stereocenters. The number of piperidine rings is 1. The van der Waals surface area contributed by atoms with Crippen LogP contribution in [0.1, 0.15) is 44.2 Å². The Morgan fingerprint density at radius 2 is 2.27 bits per heavy atom. The van der Waals surface area contributed by atoms with Gasteiger partial charge in [0.25, 0.3) is 0 Å². The van der Waals surface area contributed by atoms with Crippen molar-refractivity contribution < 1.29 is 9.59 Å². The lowest BCUT2D eigenvalue weighted by molar-refractivity contribution is -0.136. The third-order valence-corrected chi connectivity index (χ3v) is 4.87. The second-order valence-electron chi connectivity index (χ2n) is 5.96. The highest BCUT2D eigenvalue weighted by Gasteiger charge is 2.30. The van der Waals surface area contributed by atoms with E-state index in [4.69, 9.17) is 5.73 Å². The summed E-state index contributed by atoms with van der Waals surface area (Å²) < 4.78 is 0. The van der Waals surface area contributed by atoms with Gasteiger partial charge < -0.3 is 16.0 Å². The maximum Gasteiger partial charge on any atom is 0.242 e. The van der Waals surface area contributed by atoms with Crippen molar-refractivity contribution in [2.24, 2.45) is 11.7 Å². The van der Waals surface area contributed by atoms with Crippen LogP contribution in [0.15, 0.2) is 11.6 Å². The minimum absolute atomic E-state index is 0.00112. The molecule has 122 valence electrons. The first kappa shape index (κ1) is 16.9. The maximum atomic E-state index is 12.4. The quantitative estimate of drug-likeness (QED) is 0.854. The number of nitrogens with one attached hydrogen (secondary N) is 1. The largest absolute Gasteiger partial charge is 0.346 e. The van der Waals surface area contributed by atoms with E-state index in [-0.39, 0.29) is 30.3 Å². The topological polar surface area (TPSA) is 88.3 Å². The number of carbonyl (C=O) groups excluding carboxylic acids is 2. The SMILES string of the molecule is CC(C)[C@H](N)C(=O)NCC(=O)N1CCCCC1c1nccs1. The molecule has 0 aliphatic carbocycles. The maximum absolute atomic E-state index is 12.4. The number of hydrogen-bond donors (Lipinski definition) is 2. The van der Waals surface area contributed by atoms with E-state index in [0.29, 0.717) is 0 Å². The highest BCUT2D eigenvalue weighted by atomic mass is 32.1. The second kappa shape index (κ2) is 7.69. The summed E-state index contributed by atoms with van der Waals surface area (Å²) in [6, 6.07) is -0.541. The van der Waals surface area contributed by atoms with Crippen molar-refractivity contribution in [1.29, 1.82) is 0 Å². The third kappa shape index (κ3) is 4.04. The molecule has 0 aromatic carbocycles. The van der Waals surface area contributed by atoms with Crippen molar-refractivity contribution in [3.8, 4) is 0 Å². The molecule has 0 radical (unpaired) electrons. The Hall–Kier alpha value is -1.47. The average Bonchev–Trinajstić information content (AvgIpc) is 3.05. The van der Waals surface area contributed by atoms with E-state index >= 15 is 0 Å². The van der Waals surface area contributed by atoms with Crippen molar-refractivity contribution in [1.82, 2.24) is 15.2 Å². The van der Waals surface area contributed by atoms with Crippen LogP contribution in [0.4, 0.5) is 0 Å². The van der Waals surface area contributed by atoms with Crippen LogP contribution >= 0.6 is 11.3 Å². The van der Waals surface area contributed by atoms with Gasteiger partial charge in [0, 0.05) is 18.1 Å². The van der Waals surface area contributed by atoms with Gasteiger partial charge in [0.05, 0.1) is 18.6 Å². The standard InChI is InChI=1S/C15H24N4O2S/c1-10(2)13(16)14(21)18-9-12(20)19-7-4-3-5-11(19)15-17-6-8-22-15/h6,8,10-11,13H,3-5,7,9,16H2,1-2H3,(H,18,21)/t11?,13-/m0/s1. The van der Waals surface area contributed by atoms with E-state index in [9.17, 15) is 9.59 Å². The van der Waals surface area contributed by atoms with Crippen molar-refractivity contribution in [3.63, 3.8) is 0 Å². The number of thiazole rings is 1. The molecule has 2 amide bonds. The van der Waals surface area contributed by atoms with Crippen LogP contribution in [0.2, 0.25) is 0 Å². The summed E-state index contributed by atoms with van der Waals surface area (Å²) in [6.07, 6.45) is 4.78. The van der Waals surface area contributed by atoms with Gasteiger partial charge in [-0.15, -0.1) is 11.3 Å². The van der Waals surface area contributed by atoms with Crippen molar-refractivity contribution in [2.75, 3.05) is 13.1 Å². The van der Waals surface area contributed by atoms with Gasteiger partial charge in [-0.05, 0) is 25.2 Å². The molecule has 1 aromatic rings. The van der Waals surface area contributed by atoms with E-state index in [1.54, 1.807) is 17.5 Å². The van der Waals surface area contributed by atoms with Gasteiger partial charge in [0.15, 0.2) is 0 Å². The van der Waals surface area contributed by atoms with Gasteiger partial charge in [0.1, 0.15) is 5.01 Å². The van der Waals surface area contributed by atoms with E-state index in [1.807, 2.05) is 24.1 Å². The van der Waals surface area contributed by atoms with Gasteiger partial charge in [-0.25, -0.2) is 4.98 Å². The molecule has 2 heterocycles. The van der Waals surface area contributed by atoms with Crippen LogP contribution in [0.25, 0.3) is 0 Å². The smallest absolute Gasteiger partial charge is 0.242 e. The first-order valence-electron chi connectivity index (χ1n) is 7.73. The predicted octanol–water partition coefficient (Wildman–Crippen LogP) is 1.30. The summed E-state index contributed by atoms with van der Waals surface area (Å²) in [7, 11) is 0. The van der Waals surface area contributed by atoms with E-state index in [0.717, 1.165) is 30.8 Å². The van der Waals surface area contributed by atoms with E-state index in [1.165, 1.54) is 0 Å². The number of nitrogens with two attached hydrogens (primary N) is 1. The molecule has 6 nitrogen and oxygen atoms in total. The molecule has 2 atom stereocenters. The molecule has 1 saturated heterocycles. The van der Waals surface area contributed by atoms with E-state index < -0.39 is 6.04 Å². The summed E-state index contributed by atoms with van der Waals surface area (Å²) in [5.41, 5.74) is 5.78. The zero-order chi connectivity index (χ0) is 16.1. The van der Waals surface area contributed by atoms with Crippen LogP contribution in [-0.4, -0.2) is 40.8 Å². The number of amides is 2. The van der Waals surface area contributed by atoms with E-state index in [2.05, 4.69) is 10.3 Å². The first-order valence-corrected chi connectivity index (χ1v) is 8.60. The van der Waals surface area contributed by atoms with Gasteiger partial charge in [-0.3, -0.25) is 9.59 Å². The van der Waals surface area contributed by atoms with Crippen LogP contribution in [0, 0.1) is 5.92 Å². The summed E-state index contributed by atoms with van der Waals surface area (Å²) in [5, 5.41) is 5.55. The first-order chi connectivity index (χ1) is 10.5. The Labute approximate surface area is 135 Å². The summed E-state index contributed by atoms with van der Waals surface area (Å²) in [6.45, 7) is 4.49. The molecular weight excluding hydrogens is 300 g/mol. The number of nitrogens with zero attached hydrogens (tertiary/aromatic N) is 2. The summed E-state index contributed by atoms with van der Waals surface area (Å²) in [5.74, 6) is -0.288. The fourth-order valence-corrected chi connectivity index (χ4v) is 3.36. The molecule has 1 aliphatic rings. The second-order valence-corrected chi connectivity index (χ2v) is 6.88. The monoisotopic (exact) mass is 324 g/mol. The average molecular weight is 324 g/mol. The third-order valence-electron chi connectivity index (χ3n) is 3.99. The molecule has 1 aliphatic heterocycles. The van der Waals surface area contributed by atoms with Crippen molar-refractivity contribution >= 4 is 23.2 Å². The Balaban J connectivity index is 1.94. The Morgan fingerprint density at radius 1 is 1.50 bits per heavy atom. The molecule has 0 saturated carbocycles. The minimum atomic E-state index is -0.580. The molecule has 7 heteroatoms. The highest BCUT2D eigenvalue weighted by molar-refractivity contribution is 7.09. The van der Waals surface area contributed by atoms with Gasteiger partial charge >= 0.3 is 0 Å². The number of likely N-dealkylation sites (tertiary alicyclic amines) is 1. The predicted molar refractivity (Wildman–Crippen MR) is 86.2 cm³/mol. The lowest BCUT2D eigenvalue weighted by atomic mass is 10.0. The van der Waals surface area contributed by atoms with Crippen molar-refractivity contribution in [2.45, 2.75) is 45.2 Å². The zero-order valence-corrected chi connectivity index (χ0v) is 13.9. The minimum Gasteiger partial charge on any atom is -0.346 e. The number of aromatic nitrogens is 1. The van der Waals surface area contributed by atoms with Crippen LogP contribution in [0.3, 0.4) is 0 Å². The molecular formula is C15H24N4O2S. The fraction of sp³-hybridized carbons (Fsp3) is 0.667. The lowest BCUT2D eigenvalue weighted by Crippen LogP contribution is -2.49. The zero-order valence-electron chi connectivity index (χ0n) is 13.1. The highest BCUT2D eigenvalue weighted by Crippen LogP contribution is 2.31. The molecule has 2 rings (SSSR count). The Bertz CT molecular complexity index is 504. The molecule has 0 bridgehead atoms. The van der Waals surface area contributed by atoms with Crippen molar-refractivity contribution in [3.05, 3.63) is 16.6 Å². The number of rotatable bonds is 5. The van der Waals surface area contributed by atoms with Crippen LogP contribution < -0.4 is 11.1 Å². The van der Waals surface area contributed by atoms with Gasteiger partial charge in [-0.2, -0.15) is 0 Å². The normalized spacial score (nSPS) is 20.0. The Morgan fingerprint density at radius 3 is 2.91 bits per heavy atom. The molecule has 0 spiro atoms. The lowest BCUT2D eigenvalue weighted by Gasteiger charge is -2.34.